The topological polar surface area (TPSA) is 67.3 Å². The minimum absolute atomic E-state index is 0.0230. The zero-order valence-electron chi connectivity index (χ0n) is 9.25. The van der Waals surface area contributed by atoms with Crippen molar-refractivity contribution in [2.24, 2.45) is 0 Å². The first-order chi connectivity index (χ1) is 7.82. The van der Waals surface area contributed by atoms with Gasteiger partial charge in [0.1, 0.15) is 0 Å². The summed E-state index contributed by atoms with van der Waals surface area (Å²) in [6.45, 7) is 0.936. The van der Waals surface area contributed by atoms with Crippen molar-refractivity contribution < 1.29 is 23.0 Å². The van der Waals surface area contributed by atoms with Crippen molar-refractivity contribution in [3.8, 4) is 5.88 Å². The number of hydrogen-bond donors (Lipinski definition) is 2. The number of nitrogens with zero attached hydrogens (tertiary/aromatic N) is 2. The lowest BCUT2D eigenvalue weighted by atomic mass is 10.3. The van der Waals surface area contributed by atoms with Gasteiger partial charge in [-0.05, 0) is 6.92 Å². The number of hydrogen-bond acceptors (Lipinski definition) is 5. The number of aliphatic hydroxyl groups excluding tert-OH is 1. The lowest BCUT2D eigenvalue weighted by Gasteiger charge is -2.15. The van der Waals surface area contributed by atoms with Crippen LogP contribution in [0.4, 0.5) is 19.1 Å². The van der Waals surface area contributed by atoms with E-state index in [1.807, 2.05) is 0 Å². The zero-order chi connectivity index (χ0) is 13.1. The minimum Gasteiger partial charge on any atom is -0.481 e. The van der Waals surface area contributed by atoms with Crippen LogP contribution in [0.5, 0.6) is 5.88 Å². The van der Waals surface area contributed by atoms with Gasteiger partial charge in [0.05, 0.1) is 13.7 Å². The van der Waals surface area contributed by atoms with Crippen LogP contribution >= 0.6 is 0 Å². The van der Waals surface area contributed by atoms with Gasteiger partial charge in [0.15, 0.2) is 6.10 Å². The molecule has 0 bridgehead atoms. The Morgan fingerprint density at radius 2 is 2.12 bits per heavy atom. The Morgan fingerprint density at radius 3 is 2.65 bits per heavy atom. The molecule has 0 aliphatic heterocycles. The number of aromatic nitrogens is 2. The summed E-state index contributed by atoms with van der Waals surface area (Å²) in [4.78, 5) is 7.64. The van der Waals surface area contributed by atoms with Crippen LogP contribution in [0.25, 0.3) is 0 Å². The molecule has 0 aliphatic rings. The number of alkyl halides is 3. The molecule has 1 aromatic heterocycles. The highest BCUT2D eigenvalue weighted by Gasteiger charge is 2.37. The maximum absolute atomic E-state index is 12.0. The third kappa shape index (κ3) is 4.06. The van der Waals surface area contributed by atoms with Gasteiger partial charge in [0.2, 0.25) is 11.8 Å². The van der Waals surface area contributed by atoms with Crippen LogP contribution in [-0.2, 0) is 0 Å². The van der Waals surface area contributed by atoms with E-state index in [2.05, 4.69) is 15.3 Å². The third-order valence-corrected chi connectivity index (χ3v) is 1.87. The Bertz CT molecular complexity index is 384. The predicted molar refractivity (Wildman–Crippen MR) is 53.9 cm³/mol. The lowest BCUT2D eigenvalue weighted by molar-refractivity contribution is -0.198. The van der Waals surface area contributed by atoms with Gasteiger partial charge in [0, 0.05) is 11.8 Å². The molecule has 0 aromatic carbocycles. The quantitative estimate of drug-likeness (QED) is 0.839. The molecule has 0 spiro atoms. The largest absolute Gasteiger partial charge is 0.481 e. The Labute approximate surface area is 95.6 Å². The second-order valence-corrected chi connectivity index (χ2v) is 3.31. The minimum atomic E-state index is -4.67. The van der Waals surface area contributed by atoms with E-state index in [1.165, 1.54) is 13.2 Å². The van der Waals surface area contributed by atoms with Gasteiger partial charge in [-0.2, -0.15) is 18.2 Å². The van der Waals surface area contributed by atoms with Gasteiger partial charge in [-0.25, -0.2) is 4.98 Å². The highest BCUT2D eigenvalue weighted by molar-refractivity contribution is 5.30. The highest BCUT2D eigenvalue weighted by atomic mass is 19.4. The Hall–Kier alpha value is -1.57. The van der Waals surface area contributed by atoms with Crippen LogP contribution in [-0.4, -0.2) is 41.0 Å². The first kappa shape index (κ1) is 13.5. The van der Waals surface area contributed by atoms with Crippen LogP contribution in [0.3, 0.4) is 0 Å². The molecule has 96 valence electrons. The molecule has 0 saturated carbocycles. The number of methoxy groups -OCH3 is 1. The van der Waals surface area contributed by atoms with Gasteiger partial charge in [-0.15, -0.1) is 0 Å². The number of ether oxygens (including phenoxy) is 1. The van der Waals surface area contributed by atoms with Crippen molar-refractivity contribution in [2.75, 3.05) is 19.0 Å². The standard InChI is InChI=1S/C9H12F3N3O2/c1-5-3-7(17-2)15-8(14-5)13-4-6(16)9(10,11)12/h3,6,16H,4H2,1-2H3,(H,13,14,15). The molecule has 17 heavy (non-hydrogen) atoms. The molecule has 0 amide bonds. The normalized spacial score (nSPS) is 13.3. The van der Waals surface area contributed by atoms with E-state index in [4.69, 9.17) is 9.84 Å². The van der Waals surface area contributed by atoms with E-state index in [0.717, 1.165) is 0 Å². The van der Waals surface area contributed by atoms with Crippen molar-refractivity contribution >= 4 is 5.95 Å². The molecule has 0 fully saturated rings. The van der Waals surface area contributed by atoms with Crippen molar-refractivity contribution in [1.82, 2.24) is 9.97 Å². The first-order valence-electron chi connectivity index (χ1n) is 4.71. The monoisotopic (exact) mass is 251 g/mol. The Morgan fingerprint density at radius 1 is 1.47 bits per heavy atom. The van der Waals surface area contributed by atoms with Crippen molar-refractivity contribution in [3.05, 3.63) is 11.8 Å². The maximum atomic E-state index is 12.0. The molecule has 1 atom stereocenters. The average Bonchev–Trinajstić information content (AvgIpc) is 2.23. The second kappa shape index (κ2) is 5.17. The van der Waals surface area contributed by atoms with E-state index in [1.54, 1.807) is 6.92 Å². The molecule has 1 heterocycles. The van der Waals surface area contributed by atoms with E-state index in [0.29, 0.717) is 5.69 Å². The number of rotatable bonds is 4. The number of aliphatic hydroxyl groups is 1. The average molecular weight is 251 g/mol. The summed E-state index contributed by atoms with van der Waals surface area (Å²) >= 11 is 0. The molecule has 0 radical (unpaired) electrons. The molecule has 1 aromatic rings. The molecular formula is C9H12F3N3O2. The summed E-state index contributed by atoms with van der Waals surface area (Å²) in [7, 11) is 1.39. The fourth-order valence-corrected chi connectivity index (χ4v) is 1.03. The summed E-state index contributed by atoms with van der Waals surface area (Å²) < 4.78 is 40.9. The van der Waals surface area contributed by atoms with Crippen molar-refractivity contribution in [2.45, 2.75) is 19.2 Å². The van der Waals surface area contributed by atoms with E-state index < -0.39 is 18.8 Å². The smallest absolute Gasteiger partial charge is 0.416 e. The molecule has 8 heteroatoms. The van der Waals surface area contributed by atoms with Gasteiger partial charge >= 0.3 is 6.18 Å². The number of nitrogens with one attached hydrogen (secondary N) is 1. The Balaban J connectivity index is 2.66. The van der Waals surface area contributed by atoms with Crippen LogP contribution < -0.4 is 10.1 Å². The van der Waals surface area contributed by atoms with E-state index >= 15 is 0 Å². The fourth-order valence-electron chi connectivity index (χ4n) is 1.03. The van der Waals surface area contributed by atoms with Crippen molar-refractivity contribution in [3.63, 3.8) is 0 Å². The van der Waals surface area contributed by atoms with Gasteiger partial charge < -0.3 is 15.2 Å². The van der Waals surface area contributed by atoms with Gasteiger partial charge in [-0.3, -0.25) is 0 Å². The summed E-state index contributed by atoms with van der Waals surface area (Å²) in [6.07, 6.45) is -7.13. The molecular weight excluding hydrogens is 239 g/mol. The third-order valence-electron chi connectivity index (χ3n) is 1.87. The summed E-state index contributed by atoms with van der Waals surface area (Å²) in [5.41, 5.74) is 0.542. The van der Waals surface area contributed by atoms with Crippen LogP contribution in [0, 0.1) is 6.92 Å². The van der Waals surface area contributed by atoms with E-state index in [9.17, 15) is 13.2 Å². The van der Waals surface area contributed by atoms with Crippen LogP contribution in [0.15, 0.2) is 6.07 Å². The lowest BCUT2D eigenvalue weighted by Crippen LogP contribution is -2.35. The predicted octanol–water partition coefficient (Wildman–Crippen LogP) is 1.13. The summed E-state index contributed by atoms with van der Waals surface area (Å²) in [6, 6.07) is 1.53. The fraction of sp³-hybridized carbons (Fsp3) is 0.556. The van der Waals surface area contributed by atoms with Crippen LogP contribution in [0.1, 0.15) is 5.69 Å². The maximum Gasteiger partial charge on any atom is 0.416 e. The highest BCUT2D eigenvalue weighted by Crippen LogP contribution is 2.20. The van der Waals surface area contributed by atoms with Gasteiger partial charge in [-0.1, -0.05) is 0 Å². The molecule has 5 nitrogen and oxygen atoms in total. The second-order valence-electron chi connectivity index (χ2n) is 3.31. The van der Waals surface area contributed by atoms with Crippen LogP contribution in [0.2, 0.25) is 0 Å². The zero-order valence-corrected chi connectivity index (χ0v) is 9.25. The summed E-state index contributed by atoms with van der Waals surface area (Å²) in [5.74, 6) is 0.214. The molecule has 0 aliphatic carbocycles. The molecule has 1 rings (SSSR count). The molecule has 0 saturated heterocycles. The first-order valence-corrected chi connectivity index (χ1v) is 4.71. The number of aryl methyl sites for hydroxylation is 1. The van der Waals surface area contributed by atoms with Crippen molar-refractivity contribution in [1.29, 1.82) is 0 Å². The SMILES string of the molecule is COc1cc(C)nc(NCC(O)C(F)(F)F)n1. The Kier molecular flexibility index (Phi) is 4.11. The molecule has 2 N–H and O–H groups in total. The van der Waals surface area contributed by atoms with Gasteiger partial charge in [0.25, 0.3) is 0 Å². The van der Waals surface area contributed by atoms with E-state index in [-0.39, 0.29) is 11.8 Å². The number of halogens is 3. The molecule has 1 unspecified atom stereocenters. The summed E-state index contributed by atoms with van der Waals surface area (Å²) in [5, 5.41) is 11.1. The number of anilines is 1.